The van der Waals surface area contributed by atoms with Crippen LogP contribution in [-0.2, 0) is 21.6 Å². The van der Waals surface area contributed by atoms with Gasteiger partial charge < -0.3 is 4.74 Å². The molecule has 0 aliphatic heterocycles. The number of benzene rings is 2. The summed E-state index contributed by atoms with van der Waals surface area (Å²) in [5.41, 5.74) is 7.39. The SMILES string of the molecule is Cc1cc(C(C)(C)C)cc(C)c1COC(=O)C=Cc1cn(-c2ccccc2)nc1-c1cccs1. The van der Waals surface area contributed by atoms with Crippen LogP contribution < -0.4 is 0 Å². The van der Waals surface area contributed by atoms with Crippen LogP contribution in [0.2, 0.25) is 0 Å². The molecule has 4 aromatic rings. The van der Waals surface area contributed by atoms with E-state index in [1.807, 2.05) is 58.7 Å². The molecule has 0 bridgehead atoms. The van der Waals surface area contributed by atoms with Gasteiger partial charge in [-0.25, -0.2) is 9.48 Å². The van der Waals surface area contributed by atoms with Gasteiger partial charge in [-0.1, -0.05) is 57.2 Å². The zero-order chi connectivity index (χ0) is 24.3. The van der Waals surface area contributed by atoms with E-state index in [0.29, 0.717) is 0 Å². The third-order valence-electron chi connectivity index (χ3n) is 5.84. The number of aryl methyl sites for hydroxylation is 2. The first-order valence-corrected chi connectivity index (χ1v) is 12.2. The van der Waals surface area contributed by atoms with Crippen LogP contribution in [0.25, 0.3) is 22.3 Å². The van der Waals surface area contributed by atoms with E-state index in [1.165, 1.54) is 11.6 Å². The van der Waals surface area contributed by atoms with E-state index >= 15 is 0 Å². The number of rotatable bonds is 6. The lowest BCUT2D eigenvalue weighted by Gasteiger charge is -2.22. The van der Waals surface area contributed by atoms with Gasteiger partial charge in [-0.3, -0.25) is 0 Å². The maximum atomic E-state index is 12.6. The minimum Gasteiger partial charge on any atom is -0.458 e. The fourth-order valence-corrected chi connectivity index (χ4v) is 4.56. The normalized spacial score (nSPS) is 11.8. The van der Waals surface area contributed by atoms with Crippen molar-refractivity contribution in [2.75, 3.05) is 0 Å². The van der Waals surface area contributed by atoms with Gasteiger partial charge in [0.2, 0.25) is 0 Å². The molecule has 174 valence electrons. The van der Waals surface area contributed by atoms with Crippen molar-refractivity contribution in [1.29, 1.82) is 0 Å². The standard InChI is InChI=1S/C29H30N2O2S/c1-20-16-23(29(3,4)5)17-21(2)25(20)19-33-27(32)14-13-22-18-31(24-10-7-6-8-11-24)30-28(22)26-12-9-15-34-26/h6-18H,19H2,1-5H3. The minimum atomic E-state index is -0.372. The van der Waals surface area contributed by atoms with E-state index in [9.17, 15) is 4.79 Å². The molecule has 2 aromatic heterocycles. The number of hydrogen-bond acceptors (Lipinski definition) is 4. The highest BCUT2D eigenvalue weighted by Crippen LogP contribution is 2.29. The number of aromatic nitrogens is 2. The average Bonchev–Trinajstić information content (AvgIpc) is 3.47. The number of hydrogen-bond donors (Lipinski definition) is 0. The molecule has 2 heterocycles. The third-order valence-corrected chi connectivity index (χ3v) is 6.71. The number of thiophene rings is 1. The van der Waals surface area contributed by atoms with Gasteiger partial charge in [-0.2, -0.15) is 5.10 Å². The molecule has 0 fully saturated rings. The van der Waals surface area contributed by atoms with Crippen LogP contribution in [0.3, 0.4) is 0 Å². The van der Waals surface area contributed by atoms with E-state index < -0.39 is 0 Å². The first-order chi connectivity index (χ1) is 16.2. The summed E-state index contributed by atoms with van der Waals surface area (Å²) in [6.45, 7) is 11.0. The highest BCUT2D eigenvalue weighted by atomic mass is 32.1. The van der Waals surface area contributed by atoms with Crippen LogP contribution >= 0.6 is 11.3 Å². The summed E-state index contributed by atoms with van der Waals surface area (Å²) in [6.07, 6.45) is 5.21. The lowest BCUT2D eigenvalue weighted by atomic mass is 9.84. The molecular weight excluding hydrogens is 440 g/mol. The first-order valence-electron chi connectivity index (χ1n) is 11.4. The molecule has 0 saturated heterocycles. The Morgan fingerprint density at radius 2 is 1.76 bits per heavy atom. The molecule has 0 aliphatic carbocycles. The van der Waals surface area contributed by atoms with E-state index in [0.717, 1.165) is 38.5 Å². The molecule has 4 nitrogen and oxygen atoms in total. The predicted molar refractivity (Wildman–Crippen MR) is 140 cm³/mol. The van der Waals surface area contributed by atoms with Gasteiger partial charge in [0.05, 0.1) is 10.6 Å². The van der Waals surface area contributed by atoms with Crippen molar-refractivity contribution >= 4 is 23.4 Å². The van der Waals surface area contributed by atoms with Crippen molar-refractivity contribution < 1.29 is 9.53 Å². The van der Waals surface area contributed by atoms with E-state index in [1.54, 1.807) is 17.4 Å². The highest BCUT2D eigenvalue weighted by Gasteiger charge is 2.17. The van der Waals surface area contributed by atoms with Crippen LogP contribution in [0.4, 0.5) is 0 Å². The molecule has 0 saturated carbocycles. The molecule has 2 aromatic carbocycles. The lowest BCUT2D eigenvalue weighted by Crippen LogP contribution is -2.13. The monoisotopic (exact) mass is 470 g/mol. The molecule has 34 heavy (non-hydrogen) atoms. The summed E-state index contributed by atoms with van der Waals surface area (Å²) in [6, 6.07) is 18.4. The van der Waals surface area contributed by atoms with Gasteiger partial charge in [0, 0.05) is 17.8 Å². The number of esters is 1. The Hall–Kier alpha value is -3.44. The first kappa shape index (κ1) is 23.7. The lowest BCUT2D eigenvalue weighted by molar-refractivity contribution is -0.138. The van der Waals surface area contributed by atoms with Crippen molar-refractivity contribution in [3.8, 4) is 16.3 Å². The second-order valence-electron chi connectivity index (χ2n) is 9.47. The molecule has 0 amide bonds. The van der Waals surface area contributed by atoms with Crippen LogP contribution in [-0.4, -0.2) is 15.7 Å². The Morgan fingerprint density at radius 1 is 1.06 bits per heavy atom. The zero-order valence-corrected chi connectivity index (χ0v) is 21.1. The predicted octanol–water partition coefficient (Wildman–Crippen LogP) is 7.27. The van der Waals surface area contributed by atoms with Crippen LogP contribution in [0, 0.1) is 13.8 Å². The molecule has 0 radical (unpaired) electrons. The number of carbonyl (C=O) groups excluding carboxylic acids is 1. The molecule has 0 unspecified atom stereocenters. The Kier molecular flexibility index (Phi) is 6.85. The van der Waals surface area contributed by atoms with Crippen LogP contribution in [0.5, 0.6) is 0 Å². The van der Waals surface area contributed by atoms with E-state index in [2.05, 4.69) is 46.8 Å². The number of nitrogens with zero attached hydrogens (tertiary/aromatic N) is 2. The summed E-state index contributed by atoms with van der Waals surface area (Å²) >= 11 is 1.62. The zero-order valence-electron chi connectivity index (χ0n) is 20.3. The van der Waals surface area contributed by atoms with Gasteiger partial charge in [0.1, 0.15) is 12.3 Å². The van der Waals surface area contributed by atoms with Gasteiger partial charge >= 0.3 is 5.97 Å². The van der Waals surface area contributed by atoms with Crippen LogP contribution in [0.15, 0.2) is 72.3 Å². The summed E-state index contributed by atoms with van der Waals surface area (Å²) in [7, 11) is 0. The molecule has 0 atom stereocenters. The number of para-hydroxylation sites is 1. The largest absolute Gasteiger partial charge is 0.458 e. The fraction of sp³-hybridized carbons (Fsp3) is 0.241. The van der Waals surface area contributed by atoms with Crippen molar-refractivity contribution in [2.24, 2.45) is 0 Å². The van der Waals surface area contributed by atoms with Crippen LogP contribution in [0.1, 0.15) is 48.6 Å². The summed E-state index contributed by atoms with van der Waals surface area (Å²) < 4.78 is 7.45. The molecule has 5 heteroatoms. The highest BCUT2D eigenvalue weighted by molar-refractivity contribution is 7.13. The third kappa shape index (κ3) is 5.37. The molecule has 0 aliphatic rings. The van der Waals surface area contributed by atoms with Gasteiger partial charge in [-0.05, 0) is 71.2 Å². The van der Waals surface area contributed by atoms with Crippen molar-refractivity contribution in [2.45, 2.75) is 46.6 Å². The number of carbonyl (C=O) groups is 1. The molecular formula is C29H30N2O2S. The smallest absolute Gasteiger partial charge is 0.331 e. The topological polar surface area (TPSA) is 44.1 Å². The maximum Gasteiger partial charge on any atom is 0.331 e. The average molecular weight is 471 g/mol. The van der Waals surface area contributed by atoms with Crippen molar-refractivity contribution in [3.63, 3.8) is 0 Å². The second kappa shape index (κ2) is 9.82. The van der Waals surface area contributed by atoms with Crippen molar-refractivity contribution in [3.05, 3.63) is 100 Å². The Labute approximate surface area is 205 Å². The number of ether oxygens (including phenoxy) is 1. The quantitative estimate of drug-likeness (QED) is 0.220. The second-order valence-corrected chi connectivity index (χ2v) is 10.4. The maximum absolute atomic E-state index is 12.6. The fourth-order valence-electron chi connectivity index (χ4n) is 3.83. The molecule has 0 spiro atoms. The minimum absolute atomic E-state index is 0.0813. The van der Waals surface area contributed by atoms with Gasteiger partial charge in [0.25, 0.3) is 0 Å². The van der Waals surface area contributed by atoms with Gasteiger partial charge in [-0.15, -0.1) is 11.3 Å². The Bertz CT molecular complexity index is 1290. The van der Waals surface area contributed by atoms with Crippen molar-refractivity contribution in [1.82, 2.24) is 9.78 Å². The molecule has 0 N–H and O–H groups in total. The van der Waals surface area contributed by atoms with E-state index in [-0.39, 0.29) is 18.0 Å². The molecule has 4 rings (SSSR count). The summed E-state index contributed by atoms with van der Waals surface area (Å²) in [4.78, 5) is 13.6. The van der Waals surface area contributed by atoms with E-state index in [4.69, 9.17) is 9.84 Å². The Morgan fingerprint density at radius 3 is 2.38 bits per heavy atom. The summed E-state index contributed by atoms with van der Waals surface area (Å²) in [5, 5.41) is 6.79. The van der Waals surface area contributed by atoms with Gasteiger partial charge in [0.15, 0.2) is 0 Å². The Balaban J connectivity index is 1.52. The summed E-state index contributed by atoms with van der Waals surface area (Å²) in [5.74, 6) is -0.372.